The summed E-state index contributed by atoms with van der Waals surface area (Å²) in [4.78, 5) is 4.30. The van der Waals surface area contributed by atoms with Crippen LogP contribution >= 0.6 is 24.0 Å². The first-order valence-corrected chi connectivity index (χ1v) is 10.1. The molecular weight excluding hydrogens is 472 g/mol. The van der Waals surface area contributed by atoms with Gasteiger partial charge < -0.3 is 20.1 Å². The Labute approximate surface area is 184 Å². The molecule has 0 aromatic heterocycles. The van der Waals surface area contributed by atoms with Crippen LogP contribution in [0.25, 0.3) is 0 Å². The third-order valence-corrected chi connectivity index (χ3v) is 5.58. The van der Waals surface area contributed by atoms with Crippen molar-refractivity contribution in [3.63, 3.8) is 0 Å². The molecule has 0 unspecified atom stereocenters. The molecular formula is C21H33FIN3O2. The molecule has 1 aliphatic carbocycles. The number of rotatable bonds is 9. The van der Waals surface area contributed by atoms with E-state index in [-0.39, 0.29) is 35.2 Å². The van der Waals surface area contributed by atoms with E-state index in [9.17, 15) is 4.39 Å². The number of nitrogens with one attached hydrogen (secondary N) is 2. The van der Waals surface area contributed by atoms with Crippen molar-refractivity contribution in [1.29, 1.82) is 0 Å². The molecule has 2 fully saturated rings. The number of aliphatic imine (C=N–C) groups is 1. The van der Waals surface area contributed by atoms with Crippen LogP contribution in [0.1, 0.15) is 37.7 Å². The minimum Gasteiger partial charge on any atom is -0.381 e. The summed E-state index contributed by atoms with van der Waals surface area (Å²) in [5.41, 5.74) is 1.33. The number of hydrogen-bond acceptors (Lipinski definition) is 3. The topological polar surface area (TPSA) is 54.9 Å². The van der Waals surface area contributed by atoms with E-state index >= 15 is 0 Å². The third-order valence-electron chi connectivity index (χ3n) is 5.58. The average Bonchev–Trinajstić information content (AvgIpc) is 3.49. The highest BCUT2D eigenvalue weighted by molar-refractivity contribution is 14.0. The third kappa shape index (κ3) is 7.15. The second kappa shape index (κ2) is 11.9. The Hall–Kier alpha value is -0.930. The summed E-state index contributed by atoms with van der Waals surface area (Å²) in [6.07, 6.45) is 5.44. The molecule has 0 bridgehead atoms. The second-order valence-electron chi connectivity index (χ2n) is 7.62. The zero-order valence-electron chi connectivity index (χ0n) is 16.7. The lowest BCUT2D eigenvalue weighted by Crippen LogP contribution is -2.41. The smallest absolute Gasteiger partial charge is 0.191 e. The Morgan fingerprint density at radius 1 is 1.21 bits per heavy atom. The van der Waals surface area contributed by atoms with Gasteiger partial charge in [-0.15, -0.1) is 24.0 Å². The van der Waals surface area contributed by atoms with Crippen molar-refractivity contribution in [1.82, 2.24) is 10.6 Å². The molecule has 1 aromatic rings. The Balaban J connectivity index is 0.00000280. The SMILES string of the molecule is CN=C(NCCCOCC1CCOCC1)NCC1(c2ccc(F)cc2)CC1.I. The van der Waals surface area contributed by atoms with Crippen molar-refractivity contribution >= 4 is 29.9 Å². The van der Waals surface area contributed by atoms with Crippen LogP contribution in [0.5, 0.6) is 0 Å². The Morgan fingerprint density at radius 2 is 1.93 bits per heavy atom. The van der Waals surface area contributed by atoms with E-state index in [2.05, 4.69) is 15.6 Å². The summed E-state index contributed by atoms with van der Waals surface area (Å²) < 4.78 is 24.3. The second-order valence-corrected chi connectivity index (χ2v) is 7.62. The van der Waals surface area contributed by atoms with Crippen LogP contribution in [0.4, 0.5) is 4.39 Å². The maximum absolute atomic E-state index is 13.1. The zero-order chi connectivity index (χ0) is 19.0. The molecule has 1 aliphatic heterocycles. The minimum absolute atomic E-state index is 0. The highest BCUT2D eigenvalue weighted by atomic mass is 127. The summed E-state index contributed by atoms with van der Waals surface area (Å²) in [7, 11) is 1.79. The van der Waals surface area contributed by atoms with Crippen LogP contribution in [0.2, 0.25) is 0 Å². The van der Waals surface area contributed by atoms with Gasteiger partial charge in [0.1, 0.15) is 5.82 Å². The molecule has 2 N–H and O–H groups in total. The fourth-order valence-electron chi connectivity index (χ4n) is 3.54. The first-order valence-electron chi connectivity index (χ1n) is 10.1. The molecule has 158 valence electrons. The van der Waals surface area contributed by atoms with Gasteiger partial charge in [0.15, 0.2) is 5.96 Å². The molecule has 0 radical (unpaired) electrons. The lowest BCUT2D eigenvalue weighted by molar-refractivity contribution is 0.0203. The van der Waals surface area contributed by atoms with Crippen molar-refractivity contribution in [2.75, 3.05) is 46.6 Å². The predicted molar refractivity (Wildman–Crippen MR) is 121 cm³/mol. The predicted octanol–water partition coefficient (Wildman–Crippen LogP) is 3.47. The van der Waals surface area contributed by atoms with Gasteiger partial charge in [0.25, 0.3) is 0 Å². The highest BCUT2D eigenvalue weighted by Gasteiger charge is 2.44. The van der Waals surface area contributed by atoms with E-state index in [0.29, 0.717) is 5.92 Å². The van der Waals surface area contributed by atoms with Crippen molar-refractivity contribution < 1.29 is 13.9 Å². The monoisotopic (exact) mass is 505 g/mol. The van der Waals surface area contributed by atoms with Gasteiger partial charge in [-0.05, 0) is 55.7 Å². The van der Waals surface area contributed by atoms with Crippen molar-refractivity contribution in [2.24, 2.45) is 10.9 Å². The van der Waals surface area contributed by atoms with Gasteiger partial charge >= 0.3 is 0 Å². The standard InChI is InChI=1S/C21H32FN3O2.HI/c1-23-20(24-11-2-12-27-15-17-7-13-26-14-8-17)25-16-21(9-10-21)18-3-5-19(22)6-4-18;/h3-6,17H,2,7-16H2,1H3,(H2,23,24,25);1H. The Morgan fingerprint density at radius 3 is 2.57 bits per heavy atom. The van der Waals surface area contributed by atoms with Crippen molar-refractivity contribution in [3.05, 3.63) is 35.6 Å². The molecule has 3 rings (SSSR count). The molecule has 28 heavy (non-hydrogen) atoms. The van der Waals surface area contributed by atoms with E-state index in [1.54, 1.807) is 19.2 Å². The van der Waals surface area contributed by atoms with Gasteiger partial charge in [-0.25, -0.2) is 4.39 Å². The summed E-state index contributed by atoms with van der Waals surface area (Å²) >= 11 is 0. The average molecular weight is 505 g/mol. The van der Waals surface area contributed by atoms with E-state index in [0.717, 1.165) is 77.6 Å². The maximum Gasteiger partial charge on any atom is 0.191 e. The number of hydrogen-bond donors (Lipinski definition) is 2. The van der Waals surface area contributed by atoms with Crippen LogP contribution in [0.15, 0.2) is 29.3 Å². The van der Waals surface area contributed by atoms with Crippen LogP contribution in [0.3, 0.4) is 0 Å². The molecule has 2 aliphatic rings. The number of ether oxygens (including phenoxy) is 2. The summed E-state index contributed by atoms with van der Waals surface area (Å²) in [5, 5.41) is 6.77. The fraction of sp³-hybridized carbons (Fsp3) is 0.667. The lowest BCUT2D eigenvalue weighted by Gasteiger charge is -2.22. The molecule has 0 spiro atoms. The van der Waals surface area contributed by atoms with Crippen LogP contribution < -0.4 is 10.6 Å². The maximum atomic E-state index is 13.1. The molecule has 7 heteroatoms. The van der Waals surface area contributed by atoms with Gasteiger partial charge in [0, 0.05) is 52.0 Å². The van der Waals surface area contributed by atoms with Crippen LogP contribution in [0, 0.1) is 11.7 Å². The van der Waals surface area contributed by atoms with Crippen molar-refractivity contribution in [2.45, 2.75) is 37.5 Å². The minimum atomic E-state index is -0.181. The number of halogens is 2. The van der Waals surface area contributed by atoms with Crippen molar-refractivity contribution in [3.8, 4) is 0 Å². The molecule has 0 atom stereocenters. The quantitative estimate of drug-likeness (QED) is 0.234. The highest BCUT2D eigenvalue weighted by Crippen LogP contribution is 2.47. The first-order chi connectivity index (χ1) is 13.2. The molecule has 5 nitrogen and oxygen atoms in total. The molecule has 1 saturated carbocycles. The Kier molecular flexibility index (Phi) is 9.94. The van der Waals surface area contributed by atoms with Gasteiger partial charge in [-0.3, -0.25) is 4.99 Å². The summed E-state index contributed by atoms with van der Waals surface area (Å²) in [6.45, 7) is 5.00. The molecule has 1 heterocycles. The normalized spacial score (nSPS) is 19.0. The summed E-state index contributed by atoms with van der Waals surface area (Å²) in [6, 6.07) is 6.89. The number of guanidine groups is 1. The molecule has 1 saturated heterocycles. The van der Waals surface area contributed by atoms with Gasteiger partial charge in [0.2, 0.25) is 0 Å². The number of nitrogens with zero attached hydrogens (tertiary/aromatic N) is 1. The van der Waals surface area contributed by atoms with E-state index < -0.39 is 0 Å². The van der Waals surface area contributed by atoms with Crippen LogP contribution in [-0.4, -0.2) is 52.5 Å². The first kappa shape index (κ1) is 23.3. The lowest BCUT2D eigenvalue weighted by atomic mass is 9.96. The van der Waals surface area contributed by atoms with E-state index in [4.69, 9.17) is 9.47 Å². The largest absolute Gasteiger partial charge is 0.381 e. The number of benzene rings is 1. The molecule has 1 aromatic carbocycles. The molecule has 0 amide bonds. The van der Waals surface area contributed by atoms with Gasteiger partial charge in [0.05, 0.1) is 0 Å². The van der Waals surface area contributed by atoms with Crippen LogP contribution in [-0.2, 0) is 14.9 Å². The van der Waals surface area contributed by atoms with E-state index in [1.165, 1.54) is 5.56 Å². The fourth-order valence-corrected chi connectivity index (χ4v) is 3.54. The Bertz CT molecular complexity index is 602. The van der Waals surface area contributed by atoms with E-state index in [1.807, 2.05) is 12.1 Å². The van der Waals surface area contributed by atoms with Gasteiger partial charge in [-0.1, -0.05) is 12.1 Å². The zero-order valence-corrected chi connectivity index (χ0v) is 19.0. The summed E-state index contributed by atoms with van der Waals surface area (Å²) in [5.74, 6) is 1.29. The van der Waals surface area contributed by atoms with Gasteiger partial charge in [-0.2, -0.15) is 0 Å².